The Balaban J connectivity index is 1.57. The normalized spacial score (nSPS) is 17.0. The van der Waals surface area contributed by atoms with Gasteiger partial charge in [0, 0.05) is 10.4 Å². The van der Waals surface area contributed by atoms with Gasteiger partial charge < -0.3 is 9.47 Å². The first-order chi connectivity index (χ1) is 16.7. The zero-order valence-electron chi connectivity index (χ0n) is 18.8. The SMILES string of the molecule is COc1ccc(/C=c2/sc3n(c2=O)[C@@H](c2cccs2)C2=C(N=3)c3ccccc3CC2)cc1OC. The van der Waals surface area contributed by atoms with E-state index in [0.29, 0.717) is 16.0 Å². The lowest BCUT2D eigenvalue weighted by atomic mass is 9.85. The Hall–Kier alpha value is -3.42. The number of benzene rings is 2. The highest BCUT2D eigenvalue weighted by atomic mass is 32.1. The fraction of sp³-hybridized carbons (Fsp3) is 0.185. The lowest BCUT2D eigenvalue weighted by molar-refractivity contribution is 0.355. The third kappa shape index (κ3) is 3.35. The molecular formula is C27H22N2O3S2. The summed E-state index contributed by atoms with van der Waals surface area (Å²) < 4.78 is 13.3. The number of rotatable bonds is 4. The summed E-state index contributed by atoms with van der Waals surface area (Å²) in [6.07, 6.45) is 3.77. The minimum Gasteiger partial charge on any atom is -0.493 e. The minimum atomic E-state index is -0.118. The summed E-state index contributed by atoms with van der Waals surface area (Å²) in [5, 5.41) is 2.08. The lowest BCUT2D eigenvalue weighted by Gasteiger charge is -2.30. The molecule has 7 heteroatoms. The molecule has 34 heavy (non-hydrogen) atoms. The van der Waals surface area contributed by atoms with Gasteiger partial charge in [-0.25, -0.2) is 4.99 Å². The fourth-order valence-electron chi connectivity index (χ4n) is 4.81. The van der Waals surface area contributed by atoms with Crippen molar-refractivity contribution in [3.8, 4) is 11.5 Å². The van der Waals surface area contributed by atoms with Crippen LogP contribution in [0.25, 0.3) is 11.8 Å². The largest absolute Gasteiger partial charge is 0.493 e. The summed E-state index contributed by atoms with van der Waals surface area (Å²) in [6, 6.07) is 18.2. The molecule has 0 saturated heterocycles. The van der Waals surface area contributed by atoms with Crippen molar-refractivity contribution in [3.63, 3.8) is 0 Å². The summed E-state index contributed by atoms with van der Waals surface area (Å²) >= 11 is 3.13. The van der Waals surface area contributed by atoms with Gasteiger partial charge in [0.15, 0.2) is 16.3 Å². The van der Waals surface area contributed by atoms with Crippen LogP contribution in [0.1, 0.15) is 34.0 Å². The van der Waals surface area contributed by atoms with Crippen molar-refractivity contribution in [3.05, 3.63) is 107 Å². The molecule has 0 amide bonds. The molecular weight excluding hydrogens is 464 g/mol. The van der Waals surface area contributed by atoms with E-state index in [0.717, 1.165) is 28.9 Å². The number of ether oxygens (including phenoxy) is 2. The van der Waals surface area contributed by atoms with Gasteiger partial charge in [-0.2, -0.15) is 0 Å². The highest BCUT2D eigenvalue weighted by molar-refractivity contribution is 7.10. The smallest absolute Gasteiger partial charge is 0.271 e. The number of allylic oxidation sites excluding steroid dienone is 1. The molecule has 0 radical (unpaired) electrons. The van der Waals surface area contributed by atoms with Crippen molar-refractivity contribution in [2.24, 2.45) is 4.99 Å². The van der Waals surface area contributed by atoms with Crippen LogP contribution < -0.4 is 24.4 Å². The first kappa shape index (κ1) is 21.1. The highest BCUT2D eigenvalue weighted by Crippen LogP contribution is 2.42. The number of thiophene rings is 1. The summed E-state index contributed by atoms with van der Waals surface area (Å²) in [6.45, 7) is 0. The number of fused-ring (bicyclic) bond motifs is 3. The second-order valence-electron chi connectivity index (χ2n) is 8.24. The molecule has 1 atom stereocenters. The number of hydrogen-bond acceptors (Lipinski definition) is 6. The maximum atomic E-state index is 13.7. The third-order valence-corrected chi connectivity index (χ3v) is 8.30. The molecule has 0 bridgehead atoms. The molecule has 0 unspecified atom stereocenters. The van der Waals surface area contributed by atoms with E-state index >= 15 is 0 Å². The van der Waals surface area contributed by atoms with Crippen LogP contribution >= 0.6 is 22.7 Å². The van der Waals surface area contributed by atoms with E-state index in [9.17, 15) is 4.79 Å². The van der Waals surface area contributed by atoms with Crippen molar-refractivity contribution in [1.29, 1.82) is 0 Å². The summed E-state index contributed by atoms with van der Waals surface area (Å²) in [7, 11) is 3.22. The molecule has 2 aliphatic rings. The lowest BCUT2D eigenvalue weighted by Crippen LogP contribution is -2.38. The monoisotopic (exact) mass is 486 g/mol. The van der Waals surface area contributed by atoms with Crippen molar-refractivity contribution in [2.45, 2.75) is 18.9 Å². The van der Waals surface area contributed by atoms with Crippen molar-refractivity contribution in [2.75, 3.05) is 14.2 Å². The van der Waals surface area contributed by atoms with Crippen LogP contribution in [0.15, 0.2) is 75.3 Å². The number of thiazole rings is 1. The summed E-state index contributed by atoms with van der Waals surface area (Å²) in [5.41, 5.74) is 5.62. The quantitative estimate of drug-likeness (QED) is 0.430. The molecule has 5 nitrogen and oxygen atoms in total. The molecule has 1 aliphatic heterocycles. The fourth-order valence-corrected chi connectivity index (χ4v) is 6.66. The van der Waals surface area contributed by atoms with Gasteiger partial charge in [-0.3, -0.25) is 9.36 Å². The Morgan fingerprint density at radius 1 is 1.03 bits per heavy atom. The average Bonchev–Trinajstić information content (AvgIpc) is 3.51. The van der Waals surface area contributed by atoms with Crippen LogP contribution in [0.4, 0.5) is 0 Å². The molecule has 2 aromatic carbocycles. The molecule has 2 aromatic heterocycles. The van der Waals surface area contributed by atoms with Crippen molar-refractivity contribution in [1.82, 2.24) is 4.57 Å². The summed E-state index contributed by atoms with van der Waals surface area (Å²) in [5.74, 6) is 1.29. The van der Waals surface area contributed by atoms with Gasteiger partial charge in [0.25, 0.3) is 5.56 Å². The number of aryl methyl sites for hydroxylation is 1. The van der Waals surface area contributed by atoms with Crippen LogP contribution in [0.3, 0.4) is 0 Å². The van der Waals surface area contributed by atoms with E-state index in [2.05, 4.69) is 41.8 Å². The van der Waals surface area contributed by atoms with Crippen molar-refractivity contribution >= 4 is 34.4 Å². The van der Waals surface area contributed by atoms with Gasteiger partial charge in [0.2, 0.25) is 0 Å². The Labute approximate surface area is 204 Å². The maximum Gasteiger partial charge on any atom is 0.271 e. The molecule has 4 aromatic rings. The van der Waals surface area contributed by atoms with Gasteiger partial charge in [-0.15, -0.1) is 11.3 Å². The van der Waals surface area contributed by atoms with Crippen LogP contribution in [0, 0.1) is 0 Å². The zero-order valence-corrected chi connectivity index (χ0v) is 20.4. The predicted octanol–water partition coefficient (Wildman–Crippen LogP) is 4.40. The molecule has 0 spiro atoms. The van der Waals surface area contributed by atoms with Gasteiger partial charge in [0.05, 0.1) is 30.5 Å². The first-order valence-corrected chi connectivity index (χ1v) is 12.8. The van der Waals surface area contributed by atoms with Crippen LogP contribution in [-0.2, 0) is 6.42 Å². The van der Waals surface area contributed by atoms with Gasteiger partial charge >= 0.3 is 0 Å². The van der Waals surface area contributed by atoms with Crippen LogP contribution in [-0.4, -0.2) is 18.8 Å². The summed E-state index contributed by atoms with van der Waals surface area (Å²) in [4.78, 5) is 20.7. The number of aromatic nitrogens is 1. The van der Waals surface area contributed by atoms with E-state index in [1.807, 2.05) is 28.8 Å². The molecule has 0 fully saturated rings. The molecule has 6 rings (SSSR count). The van der Waals surface area contributed by atoms with Gasteiger partial charge in [-0.1, -0.05) is 47.7 Å². The minimum absolute atomic E-state index is 0.0117. The van der Waals surface area contributed by atoms with E-state index in [4.69, 9.17) is 14.5 Å². The Morgan fingerprint density at radius 2 is 1.88 bits per heavy atom. The molecule has 0 saturated carbocycles. The van der Waals surface area contributed by atoms with E-state index in [1.54, 1.807) is 25.6 Å². The topological polar surface area (TPSA) is 52.8 Å². The molecule has 3 heterocycles. The maximum absolute atomic E-state index is 13.7. The Bertz CT molecular complexity index is 1610. The predicted molar refractivity (Wildman–Crippen MR) is 137 cm³/mol. The first-order valence-electron chi connectivity index (χ1n) is 11.1. The van der Waals surface area contributed by atoms with Crippen LogP contribution in [0.2, 0.25) is 0 Å². The van der Waals surface area contributed by atoms with E-state index < -0.39 is 0 Å². The number of methoxy groups -OCH3 is 2. The highest BCUT2D eigenvalue weighted by Gasteiger charge is 2.32. The Kier molecular flexibility index (Phi) is 5.23. The van der Waals surface area contributed by atoms with E-state index in [1.165, 1.54) is 32.9 Å². The van der Waals surface area contributed by atoms with Crippen molar-refractivity contribution < 1.29 is 9.47 Å². The molecule has 1 aliphatic carbocycles. The second-order valence-corrected chi connectivity index (χ2v) is 10.2. The molecule has 0 N–H and O–H groups in total. The third-order valence-electron chi connectivity index (χ3n) is 6.39. The van der Waals surface area contributed by atoms with Gasteiger partial charge in [0.1, 0.15) is 0 Å². The zero-order chi connectivity index (χ0) is 23.2. The number of nitrogens with zero attached hydrogens (tertiary/aromatic N) is 2. The number of hydrogen-bond donors (Lipinski definition) is 0. The van der Waals surface area contributed by atoms with E-state index in [-0.39, 0.29) is 11.6 Å². The van der Waals surface area contributed by atoms with Gasteiger partial charge in [-0.05, 0) is 59.2 Å². The van der Waals surface area contributed by atoms with Crippen LogP contribution in [0.5, 0.6) is 11.5 Å². The standard InChI is InChI=1S/C27H22N2O3S2/c1-31-20-12-9-16(14-21(20)32-2)15-23-26(30)29-25(22-8-5-13-33-22)19-11-10-17-6-3-4-7-18(17)24(19)28-27(29)34-23/h3-9,12-15,25H,10-11H2,1-2H3/b23-15+/t25-/m1/s1. The Morgan fingerprint density at radius 3 is 2.68 bits per heavy atom. The average molecular weight is 487 g/mol. The molecule has 170 valence electrons. The second kappa shape index (κ2) is 8.42.